The van der Waals surface area contributed by atoms with E-state index in [9.17, 15) is 9.50 Å². The molecular formula is C19H17FO. The van der Waals surface area contributed by atoms with Crippen LogP contribution in [0, 0.1) is 12.7 Å². The van der Waals surface area contributed by atoms with Gasteiger partial charge in [0.25, 0.3) is 0 Å². The first-order chi connectivity index (χ1) is 10.1. The predicted molar refractivity (Wildman–Crippen MR) is 83.7 cm³/mol. The number of aryl methyl sites for hydroxylation is 1. The third-order valence-corrected chi connectivity index (χ3v) is 3.86. The van der Waals surface area contributed by atoms with E-state index in [0.717, 1.165) is 27.5 Å². The molecule has 1 atom stereocenters. The first kappa shape index (κ1) is 13.8. The summed E-state index contributed by atoms with van der Waals surface area (Å²) >= 11 is 0. The highest BCUT2D eigenvalue weighted by molar-refractivity contribution is 5.87. The Hall–Kier alpha value is -2.19. The average molecular weight is 280 g/mol. The van der Waals surface area contributed by atoms with E-state index in [-0.39, 0.29) is 5.82 Å². The molecule has 2 heteroatoms. The van der Waals surface area contributed by atoms with Crippen LogP contribution >= 0.6 is 0 Å². The third-order valence-electron chi connectivity index (χ3n) is 3.86. The van der Waals surface area contributed by atoms with Crippen molar-refractivity contribution in [1.29, 1.82) is 0 Å². The predicted octanol–water partition coefficient (Wildman–Crippen LogP) is 4.56. The zero-order valence-corrected chi connectivity index (χ0v) is 11.9. The highest BCUT2D eigenvalue weighted by atomic mass is 19.1. The van der Waals surface area contributed by atoms with Crippen molar-refractivity contribution < 1.29 is 9.50 Å². The first-order valence-electron chi connectivity index (χ1n) is 7.06. The number of fused-ring (bicyclic) bond motifs is 1. The van der Waals surface area contributed by atoms with Crippen molar-refractivity contribution >= 4 is 10.8 Å². The van der Waals surface area contributed by atoms with E-state index in [1.165, 1.54) is 12.1 Å². The molecule has 3 aromatic carbocycles. The van der Waals surface area contributed by atoms with Crippen LogP contribution < -0.4 is 0 Å². The summed E-state index contributed by atoms with van der Waals surface area (Å²) < 4.78 is 13.0. The topological polar surface area (TPSA) is 20.2 Å². The van der Waals surface area contributed by atoms with E-state index < -0.39 is 6.10 Å². The van der Waals surface area contributed by atoms with Crippen LogP contribution in [0.5, 0.6) is 0 Å². The maximum absolute atomic E-state index is 13.0. The van der Waals surface area contributed by atoms with Gasteiger partial charge in [-0.2, -0.15) is 0 Å². The monoisotopic (exact) mass is 280 g/mol. The maximum Gasteiger partial charge on any atom is 0.123 e. The van der Waals surface area contributed by atoms with E-state index in [1.807, 2.05) is 37.3 Å². The molecule has 21 heavy (non-hydrogen) atoms. The largest absolute Gasteiger partial charge is 0.388 e. The van der Waals surface area contributed by atoms with Crippen LogP contribution in [0.25, 0.3) is 10.8 Å². The lowest BCUT2D eigenvalue weighted by Crippen LogP contribution is -2.05. The minimum atomic E-state index is -0.596. The van der Waals surface area contributed by atoms with Gasteiger partial charge in [-0.05, 0) is 46.5 Å². The highest BCUT2D eigenvalue weighted by Gasteiger charge is 2.14. The smallest absolute Gasteiger partial charge is 0.123 e. The SMILES string of the molecule is Cc1ccc2ccccc2c1C(O)Cc1ccc(F)cc1. The molecule has 1 nitrogen and oxygen atoms in total. The molecule has 0 saturated carbocycles. The number of aliphatic hydroxyl groups is 1. The molecule has 1 unspecified atom stereocenters. The van der Waals surface area contributed by atoms with Crippen LogP contribution in [-0.4, -0.2) is 5.11 Å². The fourth-order valence-electron chi connectivity index (χ4n) is 2.79. The van der Waals surface area contributed by atoms with E-state index in [0.29, 0.717) is 6.42 Å². The molecular weight excluding hydrogens is 263 g/mol. The molecule has 3 aromatic rings. The van der Waals surface area contributed by atoms with Gasteiger partial charge in [0.05, 0.1) is 6.10 Å². The molecule has 0 aliphatic rings. The Labute approximate surface area is 123 Å². The average Bonchev–Trinajstić information content (AvgIpc) is 2.49. The molecule has 106 valence electrons. The highest BCUT2D eigenvalue weighted by Crippen LogP contribution is 2.29. The zero-order chi connectivity index (χ0) is 14.8. The Bertz CT molecular complexity index is 762. The van der Waals surface area contributed by atoms with Crippen molar-refractivity contribution in [3.05, 3.63) is 83.2 Å². The van der Waals surface area contributed by atoms with Crippen molar-refractivity contribution in [2.75, 3.05) is 0 Å². The summed E-state index contributed by atoms with van der Waals surface area (Å²) in [5, 5.41) is 12.8. The van der Waals surface area contributed by atoms with Crippen LogP contribution in [0.1, 0.15) is 22.8 Å². The van der Waals surface area contributed by atoms with Crippen molar-refractivity contribution in [1.82, 2.24) is 0 Å². The van der Waals surface area contributed by atoms with Crippen molar-refractivity contribution in [2.45, 2.75) is 19.4 Å². The van der Waals surface area contributed by atoms with Gasteiger partial charge in [-0.1, -0.05) is 48.5 Å². The third kappa shape index (κ3) is 2.81. The molecule has 0 aliphatic carbocycles. The molecule has 0 radical (unpaired) electrons. The normalized spacial score (nSPS) is 12.5. The Morgan fingerprint density at radius 2 is 1.67 bits per heavy atom. The molecule has 0 saturated heterocycles. The van der Waals surface area contributed by atoms with Gasteiger partial charge in [-0.15, -0.1) is 0 Å². The van der Waals surface area contributed by atoms with E-state index in [1.54, 1.807) is 12.1 Å². The van der Waals surface area contributed by atoms with Crippen LogP contribution in [-0.2, 0) is 6.42 Å². The van der Waals surface area contributed by atoms with E-state index in [2.05, 4.69) is 6.07 Å². The van der Waals surface area contributed by atoms with Gasteiger partial charge >= 0.3 is 0 Å². The fraction of sp³-hybridized carbons (Fsp3) is 0.158. The Kier molecular flexibility index (Phi) is 3.72. The lowest BCUT2D eigenvalue weighted by atomic mass is 9.92. The molecule has 0 bridgehead atoms. The second kappa shape index (κ2) is 5.66. The minimum absolute atomic E-state index is 0.255. The van der Waals surface area contributed by atoms with Gasteiger partial charge in [-0.3, -0.25) is 0 Å². The summed E-state index contributed by atoms with van der Waals surface area (Å²) in [7, 11) is 0. The Morgan fingerprint density at radius 1 is 0.952 bits per heavy atom. The van der Waals surface area contributed by atoms with Crippen molar-refractivity contribution in [2.24, 2.45) is 0 Å². The number of aliphatic hydroxyl groups excluding tert-OH is 1. The number of benzene rings is 3. The van der Waals surface area contributed by atoms with Gasteiger partial charge in [0.1, 0.15) is 5.82 Å². The standard InChI is InChI=1S/C19H17FO/c1-13-6-9-15-4-2-3-5-17(15)19(13)18(21)12-14-7-10-16(20)11-8-14/h2-11,18,21H,12H2,1H3. The van der Waals surface area contributed by atoms with Crippen LogP contribution in [0.4, 0.5) is 4.39 Å². The zero-order valence-electron chi connectivity index (χ0n) is 11.9. The summed E-state index contributed by atoms with van der Waals surface area (Å²) in [5.74, 6) is -0.255. The number of hydrogen-bond donors (Lipinski definition) is 1. The van der Waals surface area contributed by atoms with Gasteiger partial charge in [0.15, 0.2) is 0 Å². The molecule has 0 spiro atoms. The van der Waals surface area contributed by atoms with Crippen molar-refractivity contribution in [3.63, 3.8) is 0 Å². The number of halogens is 1. The van der Waals surface area contributed by atoms with Gasteiger partial charge in [0, 0.05) is 6.42 Å². The lowest BCUT2D eigenvalue weighted by Gasteiger charge is -2.17. The molecule has 0 fully saturated rings. The number of hydrogen-bond acceptors (Lipinski definition) is 1. The molecule has 0 heterocycles. The molecule has 0 aromatic heterocycles. The summed E-state index contributed by atoms with van der Waals surface area (Å²) in [5.41, 5.74) is 2.96. The quantitative estimate of drug-likeness (QED) is 0.745. The van der Waals surface area contributed by atoms with E-state index in [4.69, 9.17) is 0 Å². The second-order valence-electron chi connectivity index (χ2n) is 5.36. The van der Waals surface area contributed by atoms with Crippen molar-refractivity contribution in [3.8, 4) is 0 Å². The Morgan fingerprint density at radius 3 is 2.43 bits per heavy atom. The minimum Gasteiger partial charge on any atom is -0.388 e. The molecule has 1 N–H and O–H groups in total. The maximum atomic E-state index is 13.0. The van der Waals surface area contributed by atoms with Gasteiger partial charge < -0.3 is 5.11 Å². The van der Waals surface area contributed by atoms with Gasteiger partial charge in [-0.25, -0.2) is 4.39 Å². The Balaban J connectivity index is 1.99. The second-order valence-corrected chi connectivity index (χ2v) is 5.36. The number of rotatable bonds is 3. The van der Waals surface area contributed by atoms with Crippen LogP contribution in [0.2, 0.25) is 0 Å². The summed E-state index contributed by atoms with van der Waals surface area (Å²) in [4.78, 5) is 0. The summed E-state index contributed by atoms with van der Waals surface area (Å²) in [6, 6.07) is 18.5. The van der Waals surface area contributed by atoms with Crippen LogP contribution in [0.15, 0.2) is 60.7 Å². The first-order valence-corrected chi connectivity index (χ1v) is 7.06. The van der Waals surface area contributed by atoms with E-state index >= 15 is 0 Å². The van der Waals surface area contributed by atoms with Crippen LogP contribution in [0.3, 0.4) is 0 Å². The molecule has 0 aliphatic heterocycles. The summed E-state index contributed by atoms with van der Waals surface area (Å²) in [6.45, 7) is 2.01. The summed E-state index contributed by atoms with van der Waals surface area (Å²) in [6.07, 6.45) is -0.114. The molecule has 3 rings (SSSR count). The lowest BCUT2D eigenvalue weighted by molar-refractivity contribution is 0.179. The van der Waals surface area contributed by atoms with Gasteiger partial charge in [0.2, 0.25) is 0 Å². The molecule has 0 amide bonds. The fourth-order valence-corrected chi connectivity index (χ4v) is 2.79.